The van der Waals surface area contributed by atoms with E-state index in [1.165, 1.54) is 0 Å². The molecule has 4 N–H and O–H groups in total. The zero-order chi connectivity index (χ0) is 28.7. The van der Waals surface area contributed by atoms with Gasteiger partial charge in [-0.1, -0.05) is 37.1 Å². The van der Waals surface area contributed by atoms with Gasteiger partial charge in [0.25, 0.3) is 0 Å². The van der Waals surface area contributed by atoms with Crippen LogP contribution in [0.25, 0.3) is 0 Å². The fourth-order valence-corrected chi connectivity index (χ4v) is 3.82. The standard InChI is InChI=1S/C26H31F6N3O3/c1-4-5-22(36)21(14-33-13-17-7-6-15(2)8-16(17)3)35-24(38)12-23(37)34-20-10-18(25(27,28)29)9-19(11-20)26(30,31)32/h6-11,21-22,33,36H,4-5,12-14H2,1-3H3,(H,34,37)(H,35,38)/t21-,22-/m0/s1. The summed E-state index contributed by atoms with van der Waals surface area (Å²) in [6, 6.07) is 5.79. The summed E-state index contributed by atoms with van der Waals surface area (Å²) in [4.78, 5) is 24.7. The van der Waals surface area contributed by atoms with E-state index in [0.717, 1.165) is 16.7 Å². The monoisotopic (exact) mass is 547 g/mol. The van der Waals surface area contributed by atoms with Gasteiger partial charge in [-0.25, -0.2) is 0 Å². The lowest BCUT2D eigenvalue weighted by molar-refractivity contribution is -0.143. The Morgan fingerprint density at radius 1 is 0.921 bits per heavy atom. The lowest BCUT2D eigenvalue weighted by Crippen LogP contribution is -2.49. The number of amides is 2. The van der Waals surface area contributed by atoms with Crippen LogP contribution < -0.4 is 16.0 Å². The van der Waals surface area contributed by atoms with Gasteiger partial charge >= 0.3 is 12.4 Å². The molecule has 12 heteroatoms. The van der Waals surface area contributed by atoms with E-state index in [9.17, 15) is 41.0 Å². The number of halogens is 6. The lowest BCUT2D eigenvalue weighted by atomic mass is 10.0. The van der Waals surface area contributed by atoms with E-state index < -0.39 is 59.5 Å². The maximum Gasteiger partial charge on any atom is 0.416 e. The molecular formula is C26H31F6N3O3. The molecule has 6 nitrogen and oxygen atoms in total. The van der Waals surface area contributed by atoms with Crippen LogP contribution in [0.1, 0.15) is 54.0 Å². The van der Waals surface area contributed by atoms with Crippen molar-refractivity contribution in [2.45, 2.75) is 71.1 Å². The van der Waals surface area contributed by atoms with E-state index in [4.69, 9.17) is 0 Å². The van der Waals surface area contributed by atoms with Crippen LogP contribution in [0.4, 0.5) is 32.0 Å². The minimum Gasteiger partial charge on any atom is -0.391 e. The fraction of sp³-hybridized carbons (Fsp3) is 0.462. The molecule has 0 aliphatic carbocycles. The summed E-state index contributed by atoms with van der Waals surface area (Å²) in [5.74, 6) is -1.96. The molecule has 0 unspecified atom stereocenters. The summed E-state index contributed by atoms with van der Waals surface area (Å²) < 4.78 is 78.2. The molecule has 0 spiro atoms. The van der Waals surface area contributed by atoms with Gasteiger partial charge < -0.3 is 21.1 Å². The summed E-state index contributed by atoms with van der Waals surface area (Å²) in [5, 5.41) is 18.1. The van der Waals surface area contributed by atoms with Crippen LogP contribution in [-0.4, -0.2) is 35.6 Å². The van der Waals surface area contributed by atoms with E-state index >= 15 is 0 Å². The summed E-state index contributed by atoms with van der Waals surface area (Å²) >= 11 is 0. The smallest absolute Gasteiger partial charge is 0.391 e. The second kappa shape index (κ2) is 13.1. The molecule has 0 radical (unpaired) electrons. The number of nitrogens with one attached hydrogen (secondary N) is 3. The van der Waals surface area contributed by atoms with E-state index in [1.807, 2.05) is 44.3 Å². The number of hydrogen-bond acceptors (Lipinski definition) is 4. The van der Waals surface area contributed by atoms with Gasteiger partial charge in [0, 0.05) is 18.8 Å². The van der Waals surface area contributed by atoms with Crippen molar-refractivity contribution >= 4 is 17.5 Å². The lowest BCUT2D eigenvalue weighted by Gasteiger charge is -2.24. The van der Waals surface area contributed by atoms with Gasteiger partial charge in [0.1, 0.15) is 6.42 Å². The molecule has 0 bridgehead atoms. The number of rotatable bonds is 11. The van der Waals surface area contributed by atoms with Gasteiger partial charge in [-0.2, -0.15) is 26.3 Å². The first kappa shape index (κ1) is 31.1. The number of aryl methyl sites for hydroxylation is 2. The second-order valence-electron chi connectivity index (χ2n) is 9.11. The van der Waals surface area contributed by atoms with E-state index in [0.29, 0.717) is 31.5 Å². The van der Waals surface area contributed by atoms with Crippen molar-refractivity contribution in [3.63, 3.8) is 0 Å². The number of benzene rings is 2. The zero-order valence-electron chi connectivity index (χ0n) is 21.2. The quantitative estimate of drug-likeness (QED) is 0.233. The third-order valence-electron chi connectivity index (χ3n) is 5.77. The maximum absolute atomic E-state index is 13.0. The number of aliphatic hydroxyl groups excluding tert-OH is 1. The number of anilines is 1. The predicted octanol–water partition coefficient (Wildman–Crippen LogP) is 5.11. The first-order valence-corrected chi connectivity index (χ1v) is 11.9. The van der Waals surface area contributed by atoms with Crippen molar-refractivity contribution in [1.82, 2.24) is 10.6 Å². The topological polar surface area (TPSA) is 90.5 Å². The molecule has 210 valence electrons. The Morgan fingerprint density at radius 3 is 2.05 bits per heavy atom. The van der Waals surface area contributed by atoms with Crippen molar-refractivity contribution in [2.24, 2.45) is 0 Å². The van der Waals surface area contributed by atoms with Crippen LogP contribution in [0.2, 0.25) is 0 Å². The molecule has 0 saturated heterocycles. The average Bonchev–Trinajstić information content (AvgIpc) is 2.78. The number of hydrogen-bond donors (Lipinski definition) is 4. The third-order valence-corrected chi connectivity index (χ3v) is 5.77. The van der Waals surface area contributed by atoms with Crippen LogP contribution in [0.5, 0.6) is 0 Å². The molecule has 0 fully saturated rings. The predicted molar refractivity (Wildman–Crippen MR) is 130 cm³/mol. The van der Waals surface area contributed by atoms with E-state index in [2.05, 4.69) is 10.6 Å². The van der Waals surface area contributed by atoms with Crippen LogP contribution in [-0.2, 0) is 28.5 Å². The van der Waals surface area contributed by atoms with E-state index in [-0.39, 0.29) is 12.6 Å². The Bertz CT molecular complexity index is 1090. The molecule has 2 aromatic rings. The molecule has 0 saturated carbocycles. The highest BCUT2D eigenvalue weighted by atomic mass is 19.4. The molecule has 0 aliphatic rings. The SMILES string of the molecule is CCC[C@H](O)[C@H](CNCc1ccc(C)cc1C)NC(=O)CC(=O)Nc1cc(C(F)(F)F)cc(C(F)(F)F)c1. The normalized spacial score (nSPS) is 13.6. The van der Waals surface area contributed by atoms with Gasteiger partial charge in [-0.15, -0.1) is 0 Å². The molecule has 38 heavy (non-hydrogen) atoms. The van der Waals surface area contributed by atoms with Crippen molar-refractivity contribution in [3.8, 4) is 0 Å². The van der Waals surface area contributed by atoms with Gasteiger partial charge in [-0.05, 0) is 49.6 Å². The second-order valence-corrected chi connectivity index (χ2v) is 9.11. The van der Waals surface area contributed by atoms with Crippen LogP contribution in [0, 0.1) is 13.8 Å². The van der Waals surface area contributed by atoms with E-state index in [1.54, 1.807) is 0 Å². The Balaban J connectivity index is 2.05. The van der Waals surface area contributed by atoms with Crippen LogP contribution >= 0.6 is 0 Å². The maximum atomic E-state index is 13.0. The van der Waals surface area contributed by atoms with Gasteiger partial charge in [0.05, 0.1) is 23.3 Å². The van der Waals surface area contributed by atoms with Crippen LogP contribution in [0.3, 0.4) is 0 Å². The molecular weight excluding hydrogens is 516 g/mol. The van der Waals surface area contributed by atoms with Crippen molar-refractivity contribution < 1.29 is 41.0 Å². The van der Waals surface area contributed by atoms with Crippen molar-refractivity contribution in [2.75, 3.05) is 11.9 Å². The van der Waals surface area contributed by atoms with Gasteiger partial charge in [0.2, 0.25) is 11.8 Å². The summed E-state index contributed by atoms with van der Waals surface area (Å²) in [5.41, 5.74) is -0.749. The summed E-state index contributed by atoms with van der Waals surface area (Å²) in [6.45, 7) is 6.37. The molecule has 0 aromatic heterocycles. The van der Waals surface area contributed by atoms with Crippen LogP contribution in [0.15, 0.2) is 36.4 Å². The number of aliphatic hydroxyl groups is 1. The highest BCUT2D eigenvalue weighted by Gasteiger charge is 2.37. The fourth-order valence-electron chi connectivity index (χ4n) is 3.82. The minimum absolute atomic E-state index is 0.0623. The summed E-state index contributed by atoms with van der Waals surface area (Å²) in [7, 11) is 0. The van der Waals surface area contributed by atoms with Crippen molar-refractivity contribution in [1.29, 1.82) is 0 Å². The Labute approximate surface area is 216 Å². The highest BCUT2D eigenvalue weighted by molar-refractivity contribution is 6.03. The highest BCUT2D eigenvalue weighted by Crippen LogP contribution is 2.37. The largest absolute Gasteiger partial charge is 0.416 e. The average molecular weight is 548 g/mol. The Morgan fingerprint density at radius 2 is 1.53 bits per heavy atom. The minimum atomic E-state index is -5.08. The molecule has 2 aromatic carbocycles. The zero-order valence-corrected chi connectivity index (χ0v) is 21.2. The third kappa shape index (κ3) is 9.64. The Hall–Kier alpha value is -3.12. The van der Waals surface area contributed by atoms with Gasteiger partial charge in [0.15, 0.2) is 0 Å². The molecule has 0 heterocycles. The number of alkyl halides is 6. The number of carbonyl (C=O) groups is 2. The Kier molecular flexibility index (Phi) is 10.7. The van der Waals surface area contributed by atoms with Gasteiger partial charge in [-0.3, -0.25) is 9.59 Å². The van der Waals surface area contributed by atoms with Crippen molar-refractivity contribution in [3.05, 3.63) is 64.2 Å². The first-order chi connectivity index (χ1) is 17.6. The molecule has 2 amide bonds. The summed E-state index contributed by atoms with van der Waals surface area (Å²) in [6.07, 6.45) is -11.0. The number of carbonyl (C=O) groups excluding carboxylic acids is 2. The molecule has 2 rings (SSSR count). The first-order valence-electron chi connectivity index (χ1n) is 11.9. The molecule has 0 aliphatic heterocycles. The molecule has 2 atom stereocenters.